The Labute approximate surface area is 357 Å². The van der Waals surface area contributed by atoms with E-state index in [4.69, 9.17) is 4.74 Å². The van der Waals surface area contributed by atoms with Crippen molar-refractivity contribution in [2.75, 3.05) is 13.1 Å². The average molecular weight is 815 g/mol. The van der Waals surface area contributed by atoms with Crippen LogP contribution in [0.2, 0.25) is 0 Å². The Morgan fingerprint density at radius 2 is 1.47 bits per heavy atom. The lowest BCUT2D eigenvalue weighted by atomic mass is 9.65. The number of allylic oxidation sites excluding steroid dienone is 15. The quantitative estimate of drug-likeness (QED) is 0.0624. The van der Waals surface area contributed by atoms with Crippen LogP contribution in [-0.4, -0.2) is 70.3 Å². The van der Waals surface area contributed by atoms with Crippen molar-refractivity contribution < 1.29 is 29.3 Å². The van der Waals surface area contributed by atoms with Gasteiger partial charge in [0.25, 0.3) is 0 Å². The first-order valence-corrected chi connectivity index (χ1v) is 22.8. The molecule has 2 aliphatic carbocycles. The molecule has 8 nitrogen and oxygen atoms in total. The Kier molecular flexibility index (Phi) is 22.8. The number of aliphatic hydroxyl groups excluding tert-OH is 2. The van der Waals surface area contributed by atoms with E-state index in [1.54, 1.807) is 0 Å². The molecule has 1 fully saturated rings. The highest BCUT2D eigenvalue weighted by atomic mass is 16.5. The van der Waals surface area contributed by atoms with E-state index in [9.17, 15) is 24.6 Å². The zero-order valence-electron chi connectivity index (χ0n) is 37.3. The Balaban J connectivity index is 1.29. The van der Waals surface area contributed by atoms with Crippen LogP contribution in [0, 0.1) is 29.1 Å². The third kappa shape index (κ3) is 18.6. The van der Waals surface area contributed by atoms with E-state index in [-0.39, 0.29) is 60.5 Å². The number of amides is 2. The Morgan fingerprint density at radius 3 is 2.07 bits per heavy atom. The van der Waals surface area contributed by atoms with Gasteiger partial charge in [-0.05, 0) is 121 Å². The molecule has 0 aromatic carbocycles. The maximum atomic E-state index is 13.1. The van der Waals surface area contributed by atoms with Crippen LogP contribution in [0.25, 0.3) is 0 Å². The predicted molar refractivity (Wildman–Crippen MR) is 242 cm³/mol. The van der Waals surface area contributed by atoms with Crippen molar-refractivity contribution in [3.63, 3.8) is 0 Å². The van der Waals surface area contributed by atoms with Crippen LogP contribution in [0.4, 0.5) is 0 Å². The highest BCUT2D eigenvalue weighted by Gasteiger charge is 2.43. The van der Waals surface area contributed by atoms with E-state index >= 15 is 0 Å². The van der Waals surface area contributed by atoms with Crippen molar-refractivity contribution in [2.24, 2.45) is 29.1 Å². The number of esters is 1. The smallest absolute Gasteiger partial charge is 0.311 e. The lowest BCUT2D eigenvalue weighted by Crippen LogP contribution is -2.43. The van der Waals surface area contributed by atoms with E-state index in [2.05, 4.69) is 117 Å². The van der Waals surface area contributed by atoms with Gasteiger partial charge in [0.1, 0.15) is 6.10 Å². The number of hydrogen-bond donors (Lipinski definition) is 3. The van der Waals surface area contributed by atoms with Crippen LogP contribution >= 0.6 is 0 Å². The second kappa shape index (κ2) is 27.2. The first-order chi connectivity index (χ1) is 28.3. The van der Waals surface area contributed by atoms with E-state index in [0.717, 1.165) is 51.4 Å². The van der Waals surface area contributed by atoms with E-state index in [0.29, 0.717) is 51.1 Å². The Bertz CT molecular complexity index is 1530. The van der Waals surface area contributed by atoms with Crippen molar-refractivity contribution in [1.29, 1.82) is 0 Å². The van der Waals surface area contributed by atoms with Gasteiger partial charge in [0.15, 0.2) is 0 Å². The second-order valence-corrected chi connectivity index (χ2v) is 17.6. The molecule has 0 spiro atoms. The molecular formula is C51H78N2O6. The van der Waals surface area contributed by atoms with Crippen LogP contribution in [0.15, 0.2) is 96.7 Å². The van der Waals surface area contributed by atoms with E-state index < -0.39 is 17.6 Å². The summed E-state index contributed by atoms with van der Waals surface area (Å²) < 4.78 is 6.23. The lowest BCUT2D eigenvalue weighted by Gasteiger charge is -2.44. The lowest BCUT2D eigenvalue weighted by molar-refractivity contribution is -0.164. The normalized spacial score (nSPS) is 24.9. The highest BCUT2D eigenvalue weighted by molar-refractivity contribution is 5.78. The molecule has 0 bridgehead atoms. The van der Waals surface area contributed by atoms with Crippen LogP contribution in [0.1, 0.15) is 138 Å². The highest BCUT2D eigenvalue weighted by Crippen LogP contribution is 2.45. The van der Waals surface area contributed by atoms with Gasteiger partial charge in [-0.15, -0.1) is 0 Å². The number of nitrogens with one attached hydrogen (secondary N) is 1. The summed E-state index contributed by atoms with van der Waals surface area (Å²) in [4.78, 5) is 40.6. The monoisotopic (exact) mass is 815 g/mol. The molecule has 1 saturated heterocycles. The summed E-state index contributed by atoms with van der Waals surface area (Å²) in [6, 6.07) is -0.138. The minimum absolute atomic E-state index is 0.0697. The summed E-state index contributed by atoms with van der Waals surface area (Å²) in [5, 5.41) is 24.7. The molecule has 1 heterocycles. The number of hydrogen-bond acceptors (Lipinski definition) is 6. The minimum atomic E-state index is -0.967. The summed E-state index contributed by atoms with van der Waals surface area (Å²) in [6.45, 7) is 13.4. The van der Waals surface area contributed by atoms with Gasteiger partial charge in [-0.3, -0.25) is 14.4 Å². The summed E-state index contributed by atoms with van der Waals surface area (Å²) >= 11 is 0. The van der Waals surface area contributed by atoms with Crippen LogP contribution < -0.4 is 5.32 Å². The molecule has 8 heteroatoms. The van der Waals surface area contributed by atoms with Gasteiger partial charge < -0.3 is 25.2 Å². The third-order valence-corrected chi connectivity index (χ3v) is 12.1. The summed E-state index contributed by atoms with van der Waals surface area (Å²) in [6.07, 6.45) is 41.1. The largest absolute Gasteiger partial charge is 0.461 e. The molecule has 3 N–H and O–H groups in total. The molecular weight excluding hydrogens is 737 g/mol. The van der Waals surface area contributed by atoms with Crippen molar-refractivity contribution in [3.05, 3.63) is 96.7 Å². The van der Waals surface area contributed by atoms with Crippen molar-refractivity contribution in [3.8, 4) is 0 Å². The average Bonchev–Trinajstić information content (AvgIpc) is 3.66. The maximum absolute atomic E-state index is 13.1. The van der Waals surface area contributed by atoms with Crippen LogP contribution in [0.3, 0.4) is 0 Å². The van der Waals surface area contributed by atoms with Gasteiger partial charge in [0.05, 0.1) is 24.0 Å². The van der Waals surface area contributed by atoms with Gasteiger partial charge >= 0.3 is 5.97 Å². The molecule has 0 saturated carbocycles. The number of likely N-dealkylation sites (tertiary alicyclic amines) is 1. The van der Waals surface area contributed by atoms with Gasteiger partial charge in [-0.25, -0.2) is 0 Å². The van der Waals surface area contributed by atoms with Gasteiger partial charge in [0.2, 0.25) is 11.8 Å². The first-order valence-electron chi connectivity index (χ1n) is 22.8. The molecule has 328 valence electrons. The van der Waals surface area contributed by atoms with Crippen LogP contribution in [-0.2, 0) is 19.1 Å². The number of carbonyl (C=O) groups excluding carboxylic acids is 3. The molecule has 2 amide bonds. The number of aliphatic hydroxyl groups is 2. The fraction of sp³-hybridized carbons (Fsp3) is 0.627. The second-order valence-electron chi connectivity index (χ2n) is 17.6. The van der Waals surface area contributed by atoms with Crippen molar-refractivity contribution in [2.45, 2.75) is 162 Å². The van der Waals surface area contributed by atoms with Gasteiger partial charge in [-0.1, -0.05) is 119 Å². The fourth-order valence-electron chi connectivity index (χ4n) is 8.17. The Morgan fingerprint density at radius 1 is 0.881 bits per heavy atom. The van der Waals surface area contributed by atoms with E-state index in [1.807, 2.05) is 25.7 Å². The predicted octanol–water partition coefficient (Wildman–Crippen LogP) is 10.2. The number of ether oxygens (including phenoxy) is 1. The zero-order valence-corrected chi connectivity index (χ0v) is 37.3. The summed E-state index contributed by atoms with van der Waals surface area (Å²) in [5.74, 6) is 0.486. The Hall–Kier alpha value is -3.75. The third-order valence-electron chi connectivity index (χ3n) is 12.1. The molecule has 6 unspecified atom stereocenters. The molecule has 3 aliphatic rings. The molecule has 0 aromatic heterocycles. The first kappa shape index (κ1) is 49.6. The summed E-state index contributed by atoms with van der Waals surface area (Å²) in [7, 11) is 0. The molecule has 0 aromatic rings. The SMILES string of the molecule is CC/C=C\C/C=C\C/C=C\C/C=C\C/C=C\C/C=C\CCC(=O)N1CCC(NC(=O)CC(O)CC(O)CC[C@H]2C(C)C=CC3=C[C@H](C)CC(OC(=O)C(C)(C)CC)C32)C1. The number of nitrogens with zero attached hydrogens (tertiary/aromatic N) is 1. The zero-order chi connectivity index (χ0) is 43.0. The maximum Gasteiger partial charge on any atom is 0.311 e. The fourth-order valence-corrected chi connectivity index (χ4v) is 8.17. The standard InChI is InChI=1S/C51H78N2O6/c1-7-9-10-11-12-13-14-15-16-17-18-19-20-21-22-23-24-25-26-27-48(57)53-33-32-42(38-53)52-47(56)37-44(55)36-43(54)30-31-45-40(4)28-29-41-34-39(3)35-46(49(41)45)59-50(58)51(5,6)8-2/h9-10,12-13,15-16,18-19,21-22,24-25,28-29,34,39-40,42-46,49,54-55H,7-8,11,14,17,20,23,26-27,30-33,35-38H2,1-6H3,(H,52,56)/b10-9-,13-12-,16-15-,19-18-,22-21-,25-24-/t39-,40?,42?,43?,44?,45-,46?,49?/m0/s1. The number of rotatable bonds is 25. The number of fused-ring (bicyclic) bond motifs is 1. The topological polar surface area (TPSA) is 116 Å². The molecule has 1 aliphatic heterocycles. The van der Waals surface area contributed by atoms with E-state index in [1.165, 1.54) is 5.57 Å². The molecule has 3 rings (SSSR count). The van der Waals surface area contributed by atoms with Gasteiger partial charge in [-0.2, -0.15) is 0 Å². The van der Waals surface area contributed by atoms with Gasteiger partial charge in [0, 0.05) is 31.5 Å². The van der Waals surface area contributed by atoms with Crippen LogP contribution in [0.5, 0.6) is 0 Å². The van der Waals surface area contributed by atoms with Crippen molar-refractivity contribution in [1.82, 2.24) is 10.2 Å². The minimum Gasteiger partial charge on any atom is -0.461 e. The summed E-state index contributed by atoms with van der Waals surface area (Å²) in [5.41, 5.74) is 0.669. The molecule has 8 atom stereocenters. The van der Waals surface area contributed by atoms with Crippen molar-refractivity contribution >= 4 is 17.8 Å². The molecule has 59 heavy (non-hydrogen) atoms. The number of carbonyl (C=O) groups is 3. The molecule has 0 radical (unpaired) electrons.